The van der Waals surface area contributed by atoms with Crippen LogP contribution in [0.1, 0.15) is 26.5 Å². The summed E-state index contributed by atoms with van der Waals surface area (Å²) in [6, 6.07) is 5.86. The Hall–Kier alpha value is -1.93. The highest BCUT2D eigenvalue weighted by atomic mass is 32.2. The molecule has 0 radical (unpaired) electrons. The zero-order valence-electron chi connectivity index (χ0n) is 11.9. The summed E-state index contributed by atoms with van der Waals surface area (Å²) in [4.78, 5) is 15.3. The van der Waals surface area contributed by atoms with Gasteiger partial charge in [0.2, 0.25) is 0 Å². The maximum absolute atomic E-state index is 11.9. The number of nitrogens with one attached hydrogen (secondary N) is 1. The molecule has 0 unspecified atom stereocenters. The first kappa shape index (κ1) is 15.5. The summed E-state index contributed by atoms with van der Waals surface area (Å²) in [6.45, 7) is 5.73. The molecule has 3 heterocycles. The van der Waals surface area contributed by atoms with Crippen LogP contribution in [0.4, 0.5) is 0 Å². The van der Waals surface area contributed by atoms with E-state index in [1.807, 2.05) is 51.4 Å². The van der Waals surface area contributed by atoms with Gasteiger partial charge < -0.3 is 24.0 Å². The first-order valence-corrected chi connectivity index (χ1v) is 7.47. The average Bonchev–Trinajstić information content (AvgIpc) is 2.82. The normalized spacial score (nSPS) is 11.0. The molecule has 6 nitrogen and oxygen atoms in total. The van der Waals surface area contributed by atoms with Gasteiger partial charge in [-0.2, -0.15) is 9.61 Å². The molecule has 0 spiro atoms. The Morgan fingerprint density at radius 1 is 1.19 bits per heavy atom. The van der Waals surface area contributed by atoms with Crippen molar-refractivity contribution < 1.29 is 4.98 Å². The molecule has 0 amide bonds. The SMILES string of the molecule is CC(C)(C)c1nnc2sc([S-])nn2c1=O.c1cc[nH+]cc1. The molecule has 0 atom stereocenters. The van der Waals surface area contributed by atoms with E-state index in [2.05, 4.69) is 20.3 Å². The number of rotatable bonds is 0. The Labute approximate surface area is 131 Å². The maximum atomic E-state index is 11.9. The van der Waals surface area contributed by atoms with Gasteiger partial charge in [0.25, 0.3) is 5.56 Å². The van der Waals surface area contributed by atoms with Crippen molar-refractivity contribution in [2.75, 3.05) is 0 Å². The fourth-order valence-electron chi connectivity index (χ4n) is 1.51. The number of hydrogen-bond donors (Lipinski definition) is 0. The molecule has 8 heteroatoms. The fourth-order valence-corrected chi connectivity index (χ4v) is 2.39. The summed E-state index contributed by atoms with van der Waals surface area (Å²) in [5, 5.41) is 11.8. The molecule has 110 valence electrons. The lowest BCUT2D eigenvalue weighted by molar-refractivity contribution is -0.377. The average molecular weight is 321 g/mol. The number of fused-ring (bicyclic) bond motifs is 1. The van der Waals surface area contributed by atoms with E-state index in [0.29, 0.717) is 15.0 Å². The monoisotopic (exact) mass is 321 g/mol. The number of pyridine rings is 1. The van der Waals surface area contributed by atoms with Gasteiger partial charge in [-0.05, 0) is 4.34 Å². The zero-order chi connectivity index (χ0) is 15.5. The van der Waals surface area contributed by atoms with Crippen LogP contribution in [0.5, 0.6) is 0 Å². The van der Waals surface area contributed by atoms with Crippen LogP contribution in [0.3, 0.4) is 0 Å². The van der Waals surface area contributed by atoms with E-state index in [-0.39, 0.29) is 11.0 Å². The highest BCUT2D eigenvalue weighted by Crippen LogP contribution is 2.16. The molecule has 3 aromatic rings. The molecule has 0 saturated carbocycles. The third-order valence-corrected chi connectivity index (χ3v) is 3.51. The molecule has 1 N–H and O–H groups in total. The van der Waals surface area contributed by atoms with E-state index < -0.39 is 0 Å². The van der Waals surface area contributed by atoms with Gasteiger partial charge in [0, 0.05) is 17.5 Å². The number of aromatic nitrogens is 5. The van der Waals surface area contributed by atoms with E-state index in [9.17, 15) is 4.79 Å². The molecule has 0 aromatic carbocycles. The van der Waals surface area contributed by atoms with Crippen LogP contribution in [0.2, 0.25) is 0 Å². The van der Waals surface area contributed by atoms with Gasteiger partial charge in [0.15, 0.2) is 12.4 Å². The van der Waals surface area contributed by atoms with E-state index >= 15 is 0 Å². The lowest BCUT2D eigenvalue weighted by Gasteiger charge is -2.14. The topological polar surface area (TPSA) is 74.3 Å². The van der Waals surface area contributed by atoms with Crippen molar-refractivity contribution in [2.24, 2.45) is 0 Å². The largest absolute Gasteiger partial charge is 0.406 e. The van der Waals surface area contributed by atoms with Gasteiger partial charge in [0.1, 0.15) is 10.7 Å². The van der Waals surface area contributed by atoms with Crippen LogP contribution in [0.25, 0.3) is 4.96 Å². The van der Waals surface area contributed by atoms with E-state index in [1.165, 1.54) is 15.9 Å². The molecule has 0 aliphatic heterocycles. The second-order valence-electron chi connectivity index (χ2n) is 5.24. The maximum Gasteiger partial charge on any atom is 0.296 e. The lowest BCUT2D eigenvalue weighted by atomic mass is 9.93. The minimum absolute atomic E-state index is 0.236. The predicted octanol–water partition coefficient (Wildman–Crippen LogP) is 1.25. The smallest absolute Gasteiger partial charge is 0.296 e. The highest BCUT2D eigenvalue weighted by molar-refractivity contribution is 7.62. The molecular formula is C13H15N5OS2. The number of nitrogens with zero attached hydrogens (tertiary/aromatic N) is 4. The van der Waals surface area contributed by atoms with Crippen molar-refractivity contribution in [3.8, 4) is 0 Å². The van der Waals surface area contributed by atoms with E-state index in [4.69, 9.17) is 12.6 Å². The van der Waals surface area contributed by atoms with Gasteiger partial charge in [-0.1, -0.05) is 26.8 Å². The molecule has 0 aliphatic carbocycles. The molecule has 3 aromatic heterocycles. The van der Waals surface area contributed by atoms with Crippen LogP contribution in [-0.4, -0.2) is 19.8 Å². The minimum atomic E-state index is -0.337. The van der Waals surface area contributed by atoms with Crippen LogP contribution < -0.4 is 10.5 Å². The zero-order valence-corrected chi connectivity index (χ0v) is 13.5. The summed E-state index contributed by atoms with van der Waals surface area (Å²) < 4.78 is 1.62. The number of H-pyrrole nitrogens is 1. The third-order valence-electron chi connectivity index (χ3n) is 2.49. The second kappa shape index (κ2) is 6.23. The Bertz CT molecular complexity index is 750. The summed E-state index contributed by atoms with van der Waals surface area (Å²) in [5.41, 5.74) is -0.170. The lowest BCUT2D eigenvalue weighted by Crippen LogP contribution is -2.30. The summed E-state index contributed by atoms with van der Waals surface area (Å²) in [6.07, 6.45) is 3.75. The second-order valence-corrected chi connectivity index (χ2v) is 6.84. The fraction of sp³-hybridized carbons (Fsp3) is 0.308. The van der Waals surface area contributed by atoms with Crippen LogP contribution in [0.15, 0.2) is 39.7 Å². The van der Waals surface area contributed by atoms with Gasteiger partial charge in [-0.15, -0.1) is 10.2 Å². The van der Waals surface area contributed by atoms with Crippen LogP contribution >= 0.6 is 11.3 Å². The standard InChI is InChI=1S/C8H10N4OS2.C5H5N/c1-8(2,3)4-5(13)12-6(10-9-4)15-7(14)11-12;1-2-4-6-5-3-1/h1-3H3,(H,11,14);1-5H. The third kappa shape index (κ3) is 3.79. The molecule has 0 aliphatic rings. The van der Waals surface area contributed by atoms with Crippen molar-refractivity contribution in [3.05, 3.63) is 46.6 Å². The number of hydrogen-bond acceptors (Lipinski definition) is 6. The minimum Gasteiger partial charge on any atom is -0.406 e. The Balaban J connectivity index is 0.000000225. The van der Waals surface area contributed by atoms with Crippen molar-refractivity contribution >= 4 is 28.9 Å². The predicted molar refractivity (Wildman–Crippen MR) is 82.3 cm³/mol. The van der Waals surface area contributed by atoms with Crippen LogP contribution in [-0.2, 0) is 18.0 Å². The Morgan fingerprint density at radius 2 is 1.86 bits per heavy atom. The van der Waals surface area contributed by atoms with Crippen molar-refractivity contribution in [3.63, 3.8) is 0 Å². The van der Waals surface area contributed by atoms with Crippen molar-refractivity contribution in [1.29, 1.82) is 0 Å². The van der Waals surface area contributed by atoms with Crippen molar-refractivity contribution in [2.45, 2.75) is 30.5 Å². The van der Waals surface area contributed by atoms with Gasteiger partial charge in [-0.25, -0.2) is 4.98 Å². The molecule has 21 heavy (non-hydrogen) atoms. The summed E-state index contributed by atoms with van der Waals surface area (Å²) in [7, 11) is 0. The Kier molecular flexibility index (Phi) is 4.59. The first-order chi connectivity index (χ1) is 9.89. The quantitative estimate of drug-likeness (QED) is 0.583. The molecule has 3 rings (SSSR count). The van der Waals surface area contributed by atoms with Gasteiger partial charge in [-0.3, -0.25) is 4.79 Å². The molecule has 0 fully saturated rings. The molecular weight excluding hydrogens is 306 g/mol. The molecule has 0 bridgehead atoms. The van der Waals surface area contributed by atoms with E-state index in [1.54, 1.807) is 0 Å². The van der Waals surface area contributed by atoms with Gasteiger partial charge in [0.05, 0.1) is 0 Å². The van der Waals surface area contributed by atoms with Crippen molar-refractivity contribution in [1.82, 2.24) is 19.8 Å². The summed E-state index contributed by atoms with van der Waals surface area (Å²) >= 11 is 6.07. The molecule has 0 saturated heterocycles. The van der Waals surface area contributed by atoms with Gasteiger partial charge >= 0.3 is 0 Å². The highest BCUT2D eigenvalue weighted by Gasteiger charge is 2.21. The Morgan fingerprint density at radius 3 is 2.33 bits per heavy atom. The van der Waals surface area contributed by atoms with E-state index in [0.717, 1.165) is 0 Å². The summed E-state index contributed by atoms with van der Waals surface area (Å²) in [5.74, 6) is 0. The van der Waals surface area contributed by atoms with Crippen LogP contribution in [0, 0.1) is 0 Å². The first-order valence-electron chi connectivity index (χ1n) is 6.25. The number of aromatic amines is 1.